The van der Waals surface area contributed by atoms with Crippen molar-refractivity contribution in [2.75, 3.05) is 13.1 Å². The predicted octanol–water partition coefficient (Wildman–Crippen LogP) is 5.35. The number of carbonyl (C=O) groups excluding carboxylic acids is 1. The number of carbonyl (C=O) groups is 1. The first kappa shape index (κ1) is 22.0. The van der Waals surface area contributed by atoms with E-state index in [-0.39, 0.29) is 17.5 Å². The lowest BCUT2D eigenvalue weighted by Gasteiger charge is -2.17. The number of aromatic nitrogens is 4. The molecule has 37 heavy (non-hydrogen) atoms. The van der Waals surface area contributed by atoms with Gasteiger partial charge in [0, 0.05) is 41.5 Å². The molecule has 2 aromatic carbocycles. The van der Waals surface area contributed by atoms with Crippen LogP contribution in [0.15, 0.2) is 73.3 Å². The van der Waals surface area contributed by atoms with Crippen molar-refractivity contribution in [3.05, 3.63) is 96.0 Å². The minimum absolute atomic E-state index is 0.0134. The van der Waals surface area contributed by atoms with Crippen molar-refractivity contribution in [2.24, 2.45) is 0 Å². The summed E-state index contributed by atoms with van der Waals surface area (Å²) in [6, 6.07) is 14.9. The monoisotopic (exact) mass is 495 g/mol. The van der Waals surface area contributed by atoms with Gasteiger partial charge in [-0.15, -0.1) is 0 Å². The number of rotatable bonds is 4. The first-order valence-electron chi connectivity index (χ1n) is 12.4. The molecular weight excluding hydrogens is 472 g/mol. The van der Waals surface area contributed by atoms with Crippen LogP contribution in [0.3, 0.4) is 0 Å². The van der Waals surface area contributed by atoms with E-state index in [2.05, 4.69) is 39.2 Å². The Morgan fingerprint density at radius 3 is 2.65 bits per heavy atom. The number of pyridine rings is 1. The average molecular weight is 496 g/mol. The minimum Gasteiger partial charge on any atom is -0.336 e. The molecule has 1 saturated carbocycles. The van der Waals surface area contributed by atoms with Crippen molar-refractivity contribution < 1.29 is 13.6 Å². The number of alkyl halides is 1. The Morgan fingerprint density at radius 2 is 1.86 bits per heavy atom. The van der Waals surface area contributed by atoms with Crippen molar-refractivity contribution >= 4 is 22.6 Å². The number of imidazole rings is 1. The Bertz CT molecular complexity index is 1690. The average Bonchev–Trinajstić information content (AvgIpc) is 3.42. The number of nitrogens with zero attached hydrogens (tertiary/aromatic N) is 5. The summed E-state index contributed by atoms with van der Waals surface area (Å²) >= 11 is 0. The van der Waals surface area contributed by atoms with Crippen molar-refractivity contribution in [3.63, 3.8) is 0 Å². The Balaban J connectivity index is 1.24. The van der Waals surface area contributed by atoms with Crippen molar-refractivity contribution in [3.8, 4) is 11.1 Å². The van der Waals surface area contributed by atoms with Crippen LogP contribution in [-0.2, 0) is 5.41 Å². The molecule has 6 nitrogen and oxygen atoms in total. The molecule has 8 heteroatoms. The maximum absolute atomic E-state index is 15.0. The molecule has 0 unspecified atom stereocenters. The first-order chi connectivity index (χ1) is 18.0. The third-order valence-corrected chi connectivity index (χ3v) is 7.71. The standard InChI is InChI=1S/C29H23F2N5O/c30-22-7-11-35(17-22)27(37)23-5-3-18(13-24(23)31)20-14-33-28-34-15-26(36(28)16-20)29(8-9-29)21-4-6-25-19(12-21)2-1-10-32-25/h1-6,10,12-16,22H,7-9,11,17H2/t22-/m0/s1. The highest BCUT2D eigenvalue weighted by atomic mass is 19.1. The van der Waals surface area contributed by atoms with Crippen LogP contribution in [0.2, 0.25) is 0 Å². The van der Waals surface area contributed by atoms with Crippen LogP contribution >= 0.6 is 0 Å². The predicted molar refractivity (Wildman–Crippen MR) is 136 cm³/mol. The van der Waals surface area contributed by atoms with Gasteiger partial charge in [0.1, 0.15) is 12.0 Å². The van der Waals surface area contributed by atoms with Crippen LogP contribution in [0, 0.1) is 5.82 Å². The van der Waals surface area contributed by atoms with E-state index in [0.29, 0.717) is 29.9 Å². The lowest BCUT2D eigenvalue weighted by atomic mass is 9.91. The van der Waals surface area contributed by atoms with Gasteiger partial charge in [0.25, 0.3) is 5.91 Å². The van der Waals surface area contributed by atoms with Crippen molar-refractivity contribution in [1.82, 2.24) is 24.3 Å². The van der Waals surface area contributed by atoms with E-state index >= 15 is 4.39 Å². The van der Waals surface area contributed by atoms with Gasteiger partial charge in [-0.25, -0.2) is 18.7 Å². The van der Waals surface area contributed by atoms with Gasteiger partial charge in [0.05, 0.1) is 29.5 Å². The highest BCUT2D eigenvalue weighted by Crippen LogP contribution is 2.53. The van der Waals surface area contributed by atoms with Gasteiger partial charge in [-0.3, -0.25) is 14.2 Å². The topological polar surface area (TPSA) is 63.4 Å². The fourth-order valence-corrected chi connectivity index (χ4v) is 5.51. The number of likely N-dealkylation sites (tertiary alicyclic amines) is 1. The number of benzene rings is 2. The molecule has 3 aromatic heterocycles. The van der Waals surface area contributed by atoms with Crippen LogP contribution in [0.1, 0.15) is 40.9 Å². The third-order valence-electron chi connectivity index (χ3n) is 7.71. The SMILES string of the molecule is O=C(c1ccc(-c2cnc3ncc(C4(c5ccc6ncccc6c5)CC4)n3c2)cc1F)N1CC[C@H](F)C1. The van der Waals surface area contributed by atoms with Crippen LogP contribution in [0.5, 0.6) is 0 Å². The maximum atomic E-state index is 15.0. The zero-order valence-corrected chi connectivity index (χ0v) is 19.9. The normalized spacial score (nSPS) is 18.5. The fourth-order valence-electron chi connectivity index (χ4n) is 5.51. The highest BCUT2D eigenvalue weighted by Gasteiger charge is 2.48. The summed E-state index contributed by atoms with van der Waals surface area (Å²) in [4.78, 5) is 27.5. The third kappa shape index (κ3) is 3.58. The van der Waals surface area contributed by atoms with E-state index in [0.717, 1.165) is 29.4 Å². The Hall–Kier alpha value is -4.20. The molecule has 184 valence electrons. The molecule has 0 N–H and O–H groups in total. The molecule has 7 rings (SSSR count). The van der Waals surface area contributed by atoms with Gasteiger partial charge in [-0.1, -0.05) is 18.2 Å². The Morgan fingerprint density at radius 1 is 1.00 bits per heavy atom. The summed E-state index contributed by atoms with van der Waals surface area (Å²) in [5.41, 5.74) is 4.34. The van der Waals surface area contributed by atoms with Crippen LogP contribution < -0.4 is 0 Å². The quantitative estimate of drug-likeness (QED) is 0.337. The maximum Gasteiger partial charge on any atom is 0.256 e. The summed E-state index contributed by atoms with van der Waals surface area (Å²) in [6.45, 7) is 0.320. The molecule has 1 aliphatic carbocycles. The molecule has 1 saturated heterocycles. The van der Waals surface area contributed by atoms with E-state index in [1.807, 2.05) is 22.9 Å². The second-order valence-corrected chi connectivity index (χ2v) is 9.98. The number of fused-ring (bicyclic) bond motifs is 2. The smallest absolute Gasteiger partial charge is 0.256 e. The molecule has 2 fully saturated rings. The van der Waals surface area contributed by atoms with Gasteiger partial charge in [0.2, 0.25) is 5.78 Å². The van der Waals surface area contributed by atoms with Crippen molar-refractivity contribution in [1.29, 1.82) is 0 Å². The molecule has 1 atom stereocenters. The van der Waals surface area contributed by atoms with Gasteiger partial charge >= 0.3 is 0 Å². The Labute approximate surface area is 211 Å². The van der Waals surface area contributed by atoms with E-state index in [9.17, 15) is 9.18 Å². The summed E-state index contributed by atoms with van der Waals surface area (Å²) < 4.78 is 30.5. The number of hydrogen-bond acceptors (Lipinski definition) is 4. The molecule has 5 aromatic rings. The van der Waals surface area contributed by atoms with Crippen LogP contribution in [0.4, 0.5) is 8.78 Å². The van der Waals surface area contributed by atoms with E-state index < -0.39 is 17.9 Å². The largest absolute Gasteiger partial charge is 0.336 e. The summed E-state index contributed by atoms with van der Waals surface area (Å²) in [6.07, 6.45) is 8.51. The summed E-state index contributed by atoms with van der Waals surface area (Å²) in [7, 11) is 0. The highest BCUT2D eigenvalue weighted by molar-refractivity contribution is 5.95. The summed E-state index contributed by atoms with van der Waals surface area (Å²) in [5.74, 6) is -0.523. The van der Waals surface area contributed by atoms with Crippen LogP contribution in [-0.4, -0.2) is 49.4 Å². The molecule has 0 spiro atoms. The lowest BCUT2D eigenvalue weighted by Crippen LogP contribution is -2.29. The lowest BCUT2D eigenvalue weighted by molar-refractivity contribution is 0.0778. The van der Waals surface area contributed by atoms with E-state index in [1.165, 1.54) is 22.6 Å². The fraction of sp³-hybridized carbons (Fsp3) is 0.241. The van der Waals surface area contributed by atoms with Gasteiger partial charge in [-0.2, -0.15) is 0 Å². The van der Waals surface area contributed by atoms with E-state index in [1.54, 1.807) is 18.5 Å². The minimum atomic E-state index is -1.05. The van der Waals surface area contributed by atoms with Gasteiger partial charge in [0.15, 0.2) is 0 Å². The first-order valence-corrected chi connectivity index (χ1v) is 12.4. The molecule has 1 amide bonds. The number of halogens is 2. The molecule has 0 radical (unpaired) electrons. The molecule has 0 bridgehead atoms. The number of amides is 1. The van der Waals surface area contributed by atoms with Crippen molar-refractivity contribution in [2.45, 2.75) is 30.8 Å². The van der Waals surface area contributed by atoms with Gasteiger partial charge in [-0.05, 0) is 60.7 Å². The zero-order chi connectivity index (χ0) is 25.1. The molecule has 1 aliphatic heterocycles. The number of hydrogen-bond donors (Lipinski definition) is 0. The summed E-state index contributed by atoms with van der Waals surface area (Å²) in [5, 5.41) is 1.10. The second kappa shape index (κ2) is 8.16. The molecule has 2 aliphatic rings. The zero-order valence-electron chi connectivity index (χ0n) is 19.9. The van der Waals surface area contributed by atoms with E-state index in [4.69, 9.17) is 0 Å². The Kier molecular flexibility index (Phi) is 4.86. The molecular formula is C29H23F2N5O. The second-order valence-electron chi connectivity index (χ2n) is 9.98. The molecule has 4 heterocycles. The van der Waals surface area contributed by atoms with Crippen LogP contribution in [0.25, 0.3) is 27.8 Å². The van der Waals surface area contributed by atoms with Gasteiger partial charge < -0.3 is 4.90 Å².